The minimum absolute atomic E-state index is 0.141. The Morgan fingerprint density at radius 2 is 1.38 bits per heavy atom. The van der Waals surface area contributed by atoms with E-state index in [9.17, 15) is 47.9 Å². The fourth-order valence-corrected chi connectivity index (χ4v) is 5.74. The van der Waals surface area contributed by atoms with E-state index in [0.717, 1.165) is 30.3 Å². The van der Waals surface area contributed by atoms with Crippen molar-refractivity contribution in [3.63, 3.8) is 0 Å². The molecule has 0 aliphatic rings. The van der Waals surface area contributed by atoms with Crippen LogP contribution in [0.5, 0.6) is 5.75 Å². The monoisotopic (exact) mass is 596 g/mol. The zero-order chi connectivity index (χ0) is 27.8. The van der Waals surface area contributed by atoms with Gasteiger partial charge >= 0.3 is 10.4 Å². The Morgan fingerprint density at radius 3 is 1.97 bits per heavy atom. The molecule has 0 atom stereocenters. The molecule has 37 heavy (non-hydrogen) atoms. The number of phenolic OH excluding ortho intramolecular Hbond substituents is 1. The quantitative estimate of drug-likeness (QED) is 0.204. The fraction of sp³-hybridized carbons (Fsp3) is 0.111. The molecule has 0 heterocycles. The van der Waals surface area contributed by atoms with Gasteiger partial charge in [0, 0.05) is 5.39 Å². The number of hydrogen-bond donors (Lipinski definition) is 4. The van der Waals surface area contributed by atoms with Gasteiger partial charge in [-0.15, -0.1) is 10.2 Å². The lowest BCUT2D eigenvalue weighted by molar-refractivity contribution is 0.284. The van der Waals surface area contributed by atoms with Crippen molar-refractivity contribution in [1.82, 2.24) is 0 Å². The number of hydrogen-bond acceptors (Lipinski definition) is 12. The summed E-state index contributed by atoms with van der Waals surface area (Å²) in [5, 5.41) is 18.0. The van der Waals surface area contributed by atoms with Crippen molar-refractivity contribution in [2.45, 2.75) is 14.7 Å². The second-order valence-corrected chi connectivity index (χ2v) is 13.2. The van der Waals surface area contributed by atoms with E-state index in [1.165, 1.54) is 12.1 Å². The fourth-order valence-electron chi connectivity index (χ4n) is 2.99. The van der Waals surface area contributed by atoms with Crippen molar-refractivity contribution in [1.29, 1.82) is 0 Å². The molecular weight excluding hydrogens is 580 g/mol. The van der Waals surface area contributed by atoms with Crippen molar-refractivity contribution in [3.05, 3.63) is 48.5 Å². The number of rotatable bonds is 9. The molecule has 3 rings (SSSR count). The van der Waals surface area contributed by atoms with Gasteiger partial charge < -0.3 is 5.11 Å². The number of aromatic hydroxyl groups is 1. The Balaban J connectivity index is 2.06. The molecule has 0 aromatic heterocycles. The van der Waals surface area contributed by atoms with E-state index in [1.54, 1.807) is 0 Å². The van der Waals surface area contributed by atoms with Gasteiger partial charge in [0.1, 0.15) is 22.0 Å². The maximum atomic E-state index is 12.4. The van der Waals surface area contributed by atoms with Gasteiger partial charge in [0.2, 0.25) is 0 Å². The van der Waals surface area contributed by atoms with Crippen LogP contribution in [0.4, 0.5) is 11.4 Å². The summed E-state index contributed by atoms with van der Waals surface area (Å²) >= 11 is 0. The van der Waals surface area contributed by atoms with Gasteiger partial charge in [0.15, 0.2) is 9.84 Å². The molecule has 3 aromatic carbocycles. The number of azo groups is 1. The molecule has 0 aliphatic carbocycles. The molecule has 0 fully saturated rings. The number of sulfone groups is 1. The molecule has 15 nitrogen and oxygen atoms in total. The third-order valence-electron chi connectivity index (χ3n) is 4.65. The normalized spacial score (nSPS) is 13.4. The Bertz CT molecular complexity index is 1850. The number of nitrogens with zero attached hydrogens (tertiary/aromatic N) is 2. The molecule has 0 bridgehead atoms. The standard InChI is InChI=1S/C18H16N2O13S4/c21-16-6-1-11-9-13(35(24,25)26)2-4-14(11)18(16)20-19-15-5-3-12(10-17(15)36(27,28)29)34(22,23)8-7-33-37(30,31)32/h1-6,9-10,21H,7-8H2,(H,24,25,26)(H,27,28,29)(H,30,31,32)/b20-19+. The first-order chi connectivity index (χ1) is 16.9. The third-order valence-corrected chi connectivity index (χ3v) is 8.52. The van der Waals surface area contributed by atoms with Crippen LogP contribution < -0.4 is 0 Å². The molecule has 0 radical (unpaired) electrons. The lowest BCUT2D eigenvalue weighted by Crippen LogP contribution is -2.16. The minimum Gasteiger partial charge on any atom is -0.506 e. The first kappa shape index (κ1) is 28.5. The maximum absolute atomic E-state index is 12.4. The maximum Gasteiger partial charge on any atom is 0.397 e. The Morgan fingerprint density at radius 1 is 0.730 bits per heavy atom. The molecule has 0 amide bonds. The summed E-state index contributed by atoms with van der Waals surface area (Å²) in [7, 11) is -18.9. The van der Waals surface area contributed by atoms with Gasteiger partial charge in [-0.25, -0.2) is 12.6 Å². The number of phenols is 1. The summed E-state index contributed by atoms with van der Waals surface area (Å²) in [5.74, 6) is -1.43. The summed E-state index contributed by atoms with van der Waals surface area (Å²) in [6.45, 7) is -0.983. The molecule has 3 aromatic rings. The van der Waals surface area contributed by atoms with Crippen molar-refractivity contribution in [3.8, 4) is 5.75 Å². The number of fused-ring (bicyclic) bond motifs is 1. The zero-order valence-corrected chi connectivity index (χ0v) is 21.3. The van der Waals surface area contributed by atoms with Gasteiger partial charge in [-0.1, -0.05) is 12.1 Å². The summed E-state index contributed by atoms with van der Waals surface area (Å²) in [6.07, 6.45) is 0. The highest BCUT2D eigenvalue weighted by atomic mass is 32.3. The molecule has 0 saturated heterocycles. The largest absolute Gasteiger partial charge is 0.506 e. The SMILES string of the molecule is O=S(=O)(O)OCCS(=O)(=O)c1ccc(/N=N/c2c(O)ccc3cc(S(=O)(=O)O)ccc23)c(S(=O)(=O)O)c1. The second kappa shape index (κ2) is 10.0. The van der Waals surface area contributed by atoms with E-state index < -0.39 is 79.0 Å². The van der Waals surface area contributed by atoms with Crippen molar-refractivity contribution >= 4 is 62.6 Å². The topological polar surface area (TPSA) is 251 Å². The van der Waals surface area contributed by atoms with Crippen LogP contribution in [0.15, 0.2) is 73.4 Å². The van der Waals surface area contributed by atoms with Gasteiger partial charge in [-0.05, 0) is 41.8 Å². The Hall–Kier alpha value is -3.04. The highest BCUT2D eigenvalue weighted by molar-refractivity contribution is 7.91. The van der Waals surface area contributed by atoms with Crippen molar-refractivity contribution < 1.29 is 56.6 Å². The average molecular weight is 597 g/mol. The highest BCUT2D eigenvalue weighted by Crippen LogP contribution is 2.38. The highest BCUT2D eigenvalue weighted by Gasteiger charge is 2.23. The minimum atomic E-state index is -5.08. The van der Waals surface area contributed by atoms with Gasteiger partial charge in [0.25, 0.3) is 20.2 Å². The van der Waals surface area contributed by atoms with Crippen molar-refractivity contribution in [2.75, 3.05) is 12.4 Å². The van der Waals surface area contributed by atoms with Crippen LogP contribution in [0.25, 0.3) is 10.8 Å². The average Bonchev–Trinajstić information content (AvgIpc) is 2.75. The van der Waals surface area contributed by atoms with E-state index in [-0.39, 0.29) is 16.5 Å². The predicted octanol–water partition coefficient (Wildman–Crippen LogP) is 2.05. The molecule has 4 N–H and O–H groups in total. The molecule has 19 heteroatoms. The van der Waals surface area contributed by atoms with E-state index in [2.05, 4.69) is 14.4 Å². The smallest absolute Gasteiger partial charge is 0.397 e. The first-order valence-electron chi connectivity index (χ1n) is 9.50. The van der Waals surface area contributed by atoms with Crippen LogP contribution in [0, 0.1) is 0 Å². The summed E-state index contributed by atoms with van der Waals surface area (Å²) in [4.78, 5) is -2.11. The summed E-state index contributed by atoms with van der Waals surface area (Å²) in [5.41, 5.74) is -0.804. The summed E-state index contributed by atoms with van der Waals surface area (Å²) < 4.78 is 124. The molecular formula is C18H16N2O13S4. The van der Waals surface area contributed by atoms with Crippen LogP contribution >= 0.6 is 0 Å². The van der Waals surface area contributed by atoms with Crippen LogP contribution in [-0.2, 0) is 44.7 Å². The van der Waals surface area contributed by atoms with Crippen LogP contribution in [0.3, 0.4) is 0 Å². The summed E-state index contributed by atoms with van der Waals surface area (Å²) in [6, 6.07) is 8.01. The third kappa shape index (κ3) is 7.05. The van der Waals surface area contributed by atoms with Crippen LogP contribution in [0.2, 0.25) is 0 Å². The molecule has 0 saturated carbocycles. The number of benzene rings is 3. The van der Waals surface area contributed by atoms with Gasteiger partial charge in [0.05, 0.1) is 22.2 Å². The molecule has 0 aliphatic heterocycles. The van der Waals surface area contributed by atoms with E-state index in [0.29, 0.717) is 6.07 Å². The van der Waals surface area contributed by atoms with E-state index >= 15 is 0 Å². The van der Waals surface area contributed by atoms with Crippen molar-refractivity contribution in [2.24, 2.45) is 10.2 Å². The zero-order valence-electron chi connectivity index (χ0n) is 18.0. The van der Waals surface area contributed by atoms with Gasteiger partial charge in [-0.3, -0.25) is 13.7 Å². The lowest BCUT2D eigenvalue weighted by atomic mass is 10.1. The molecule has 0 unspecified atom stereocenters. The lowest BCUT2D eigenvalue weighted by Gasteiger charge is -2.08. The molecule has 0 spiro atoms. The second-order valence-electron chi connectivity index (χ2n) is 7.16. The van der Waals surface area contributed by atoms with E-state index in [1.807, 2.05) is 0 Å². The Kier molecular flexibility index (Phi) is 7.73. The first-order valence-corrected chi connectivity index (χ1v) is 15.4. The van der Waals surface area contributed by atoms with Crippen LogP contribution in [-0.4, -0.2) is 64.8 Å². The molecule has 200 valence electrons. The van der Waals surface area contributed by atoms with E-state index in [4.69, 9.17) is 4.55 Å². The Labute approximate surface area is 210 Å². The predicted molar refractivity (Wildman–Crippen MR) is 125 cm³/mol. The van der Waals surface area contributed by atoms with Gasteiger partial charge in [-0.2, -0.15) is 25.3 Å². The van der Waals surface area contributed by atoms with Crippen LogP contribution in [0.1, 0.15) is 0 Å².